The molecule has 0 saturated heterocycles. The maximum Gasteiger partial charge on any atom is 0.341 e. The van der Waals surface area contributed by atoms with Gasteiger partial charge in [0.25, 0.3) is 11.7 Å². The summed E-state index contributed by atoms with van der Waals surface area (Å²) in [5.74, 6) is -2.63. The van der Waals surface area contributed by atoms with Crippen LogP contribution < -0.4 is 10.5 Å². The first-order valence-electron chi connectivity index (χ1n) is 12.4. The van der Waals surface area contributed by atoms with E-state index < -0.39 is 24.3 Å². The Morgan fingerprint density at radius 1 is 0.946 bits per heavy atom. The Morgan fingerprint density at radius 2 is 1.68 bits per heavy atom. The van der Waals surface area contributed by atoms with Crippen molar-refractivity contribution < 1.29 is 24.2 Å². The highest BCUT2D eigenvalue weighted by molar-refractivity contribution is 6.44. The molecule has 37 heavy (non-hydrogen) atoms. The summed E-state index contributed by atoms with van der Waals surface area (Å²) < 4.78 is 7.46. The van der Waals surface area contributed by atoms with Gasteiger partial charge in [-0.15, -0.1) is 0 Å². The number of fused-ring (bicyclic) bond motifs is 1. The van der Waals surface area contributed by atoms with Crippen molar-refractivity contribution in [1.82, 2.24) is 4.40 Å². The van der Waals surface area contributed by atoms with Crippen molar-refractivity contribution in [3.05, 3.63) is 95.3 Å². The summed E-state index contributed by atoms with van der Waals surface area (Å²) in [5.41, 5.74) is 11.1. The van der Waals surface area contributed by atoms with Gasteiger partial charge in [-0.25, -0.2) is 4.79 Å². The van der Waals surface area contributed by atoms with Gasteiger partial charge in [-0.3, -0.25) is 9.59 Å². The van der Waals surface area contributed by atoms with Crippen LogP contribution in [0.25, 0.3) is 16.6 Å². The van der Waals surface area contributed by atoms with Crippen LogP contribution in [-0.2, 0) is 16.0 Å². The van der Waals surface area contributed by atoms with E-state index in [4.69, 9.17) is 10.5 Å². The third kappa shape index (κ3) is 4.85. The first kappa shape index (κ1) is 24.3. The van der Waals surface area contributed by atoms with Crippen molar-refractivity contribution in [2.45, 2.75) is 38.0 Å². The van der Waals surface area contributed by atoms with Gasteiger partial charge in [0.05, 0.1) is 11.1 Å². The molecule has 2 heterocycles. The fourth-order valence-electron chi connectivity index (χ4n) is 5.49. The largest absolute Gasteiger partial charge is 0.480 e. The molecule has 5 rings (SSSR count). The number of carbonyl (C=O) groups excluding carboxylic acids is 2. The molecule has 1 saturated carbocycles. The number of hydrogen-bond donors (Lipinski definition) is 2. The molecule has 0 aliphatic heterocycles. The standard InChI is InChI=1S/C30H28N2O5/c31-30(36)29(35)27-26(21-11-4-5-12-21)23(32-15-7-14-24(28(27)32)37-18-25(33)34)17-19-8-6-13-22(16-19)20-9-2-1-3-10-20/h1-3,6-10,13-16,21H,4-5,11-12,17-18H2,(H2,31,36)(H,33,34). The van der Waals surface area contributed by atoms with Crippen LogP contribution in [-0.4, -0.2) is 33.8 Å². The normalized spacial score (nSPS) is 13.6. The number of nitrogens with two attached hydrogens (primary N) is 1. The summed E-state index contributed by atoms with van der Waals surface area (Å²) in [5, 5.41) is 9.19. The van der Waals surface area contributed by atoms with Gasteiger partial charge in [0.15, 0.2) is 6.61 Å². The smallest absolute Gasteiger partial charge is 0.341 e. The zero-order valence-corrected chi connectivity index (χ0v) is 20.4. The number of rotatable bonds is 9. The minimum absolute atomic E-state index is 0.0952. The zero-order chi connectivity index (χ0) is 25.9. The van der Waals surface area contributed by atoms with Crippen LogP contribution in [0.4, 0.5) is 0 Å². The van der Waals surface area contributed by atoms with Crippen molar-refractivity contribution in [1.29, 1.82) is 0 Å². The number of benzene rings is 2. The maximum absolute atomic E-state index is 13.3. The Bertz CT molecular complexity index is 1480. The minimum Gasteiger partial charge on any atom is -0.480 e. The van der Waals surface area contributed by atoms with Gasteiger partial charge in [-0.2, -0.15) is 0 Å². The molecular weight excluding hydrogens is 468 g/mol. The highest BCUT2D eigenvalue weighted by Crippen LogP contribution is 2.43. The molecular formula is C30H28N2O5. The molecule has 1 fully saturated rings. The first-order valence-corrected chi connectivity index (χ1v) is 12.4. The van der Waals surface area contributed by atoms with Crippen LogP contribution >= 0.6 is 0 Å². The summed E-state index contributed by atoms with van der Waals surface area (Å²) in [6.45, 7) is -0.567. The van der Waals surface area contributed by atoms with E-state index in [1.807, 2.05) is 40.9 Å². The van der Waals surface area contributed by atoms with E-state index in [0.29, 0.717) is 11.9 Å². The predicted molar refractivity (Wildman–Crippen MR) is 140 cm³/mol. The highest BCUT2D eigenvalue weighted by atomic mass is 16.5. The molecule has 1 amide bonds. The van der Waals surface area contributed by atoms with Crippen LogP contribution in [0.5, 0.6) is 5.75 Å². The fraction of sp³-hybridized carbons (Fsp3) is 0.233. The van der Waals surface area contributed by atoms with Gasteiger partial charge in [-0.05, 0) is 53.1 Å². The molecule has 7 heteroatoms. The van der Waals surface area contributed by atoms with Gasteiger partial charge in [0.1, 0.15) is 5.75 Å². The Balaban J connectivity index is 1.71. The summed E-state index contributed by atoms with van der Waals surface area (Å²) in [6.07, 6.45) is 6.22. The number of nitrogens with zero attached hydrogens (tertiary/aromatic N) is 1. The van der Waals surface area contributed by atoms with Crippen molar-refractivity contribution >= 4 is 23.2 Å². The molecule has 4 aromatic rings. The molecule has 0 atom stereocenters. The monoisotopic (exact) mass is 496 g/mol. The van der Waals surface area contributed by atoms with Crippen LogP contribution in [0.3, 0.4) is 0 Å². The number of hydrogen-bond acceptors (Lipinski definition) is 4. The lowest BCUT2D eigenvalue weighted by Gasteiger charge is -2.14. The summed E-state index contributed by atoms with van der Waals surface area (Å²) >= 11 is 0. The molecule has 0 bridgehead atoms. The number of pyridine rings is 1. The number of carboxylic acids is 1. The van der Waals surface area contributed by atoms with E-state index >= 15 is 0 Å². The third-order valence-corrected chi connectivity index (χ3v) is 7.04. The molecule has 1 aliphatic rings. The van der Waals surface area contributed by atoms with E-state index in [-0.39, 0.29) is 17.2 Å². The van der Waals surface area contributed by atoms with Gasteiger partial charge < -0.3 is 20.0 Å². The maximum atomic E-state index is 13.3. The number of carboxylic acid groups (broad SMARTS) is 1. The molecule has 7 nitrogen and oxygen atoms in total. The average Bonchev–Trinajstić information content (AvgIpc) is 3.54. The number of primary amides is 1. The van der Waals surface area contributed by atoms with Crippen molar-refractivity contribution in [2.75, 3.05) is 6.61 Å². The number of aromatic nitrogens is 1. The van der Waals surface area contributed by atoms with Crippen molar-refractivity contribution in [3.8, 4) is 16.9 Å². The minimum atomic E-state index is -1.13. The zero-order valence-electron chi connectivity index (χ0n) is 20.4. The molecule has 0 spiro atoms. The number of amides is 1. The predicted octanol–water partition coefficient (Wildman–Crippen LogP) is 4.99. The number of Topliss-reactive ketones (excluding diaryl/α,β-unsaturated/α-hetero) is 1. The molecule has 2 aromatic heterocycles. The fourth-order valence-corrected chi connectivity index (χ4v) is 5.49. The Kier molecular flexibility index (Phi) is 6.77. The third-order valence-electron chi connectivity index (χ3n) is 7.04. The number of ketones is 1. The highest BCUT2D eigenvalue weighted by Gasteiger charge is 2.33. The van der Waals surface area contributed by atoms with Gasteiger partial charge in [0.2, 0.25) is 0 Å². The molecule has 1 aliphatic carbocycles. The lowest BCUT2D eigenvalue weighted by Crippen LogP contribution is -2.24. The number of ether oxygens (including phenoxy) is 1. The average molecular weight is 497 g/mol. The van der Waals surface area contributed by atoms with E-state index in [1.54, 1.807) is 12.1 Å². The van der Waals surface area contributed by atoms with Crippen LogP contribution in [0.1, 0.15) is 58.8 Å². The molecule has 0 unspecified atom stereocenters. The van der Waals surface area contributed by atoms with Gasteiger partial charge in [0, 0.05) is 18.3 Å². The van der Waals surface area contributed by atoms with Crippen LogP contribution in [0.2, 0.25) is 0 Å². The summed E-state index contributed by atoms with van der Waals surface area (Å²) in [6, 6.07) is 21.7. The topological polar surface area (TPSA) is 111 Å². The molecule has 3 N–H and O–H groups in total. The Labute approximate surface area is 214 Å². The molecule has 0 radical (unpaired) electrons. The molecule has 188 valence electrons. The van der Waals surface area contributed by atoms with Crippen LogP contribution in [0.15, 0.2) is 72.9 Å². The van der Waals surface area contributed by atoms with Crippen molar-refractivity contribution in [3.63, 3.8) is 0 Å². The Hall–Kier alpha value is -4.39. The second-order valence-corrected chi connectivity index (χ2v) is 9.43. The summed E-state index contributed by atoms with van der Waals surface area (Å²) in [4.78, 5) is 36.7. The summed E-state index contributed by atoms with van der Waals surface area (Å²) in [7, 11) is 0. The van der Waals surface area contributed by atoms with E-state index in [1.165, 1.54) is 0 Å². The molecule has 2 aromatic carbocycles. The number of aliphatic carboxylic acids is 1. The quantitative estimate of drug-likeness (QED) is 0.251. The van der Waals surface area contributed by atoms with E-state index in [9.17, 15) is 19.5 Å². The van der Waals surface area contributed by atoms with E-state index in [0.717, 1.165) is 53.6 Å². The SMILES string of the molecule is NC(=O)C(=O)c1c(C2CCCC2)c(Cc2cccc(-c3ccccc3)c2)n2cccc(OCC(=O)O)c12. The second-order valence-electron chi connectivity index (χ2n) is 9.43. The first-order chi connectivity index (χ1) is 17.9. The second kappa shape index (κ2) is 10.3. The van der Waals surface area contributed by atoms with Gasteiger partial charge in [-0.1, -0.05) is 67.4 Å². The Morgan fingerprint density at radius 3 is 2.38 bits per heavy atom. The van der Waals surface area contributed by atoms with Crippen LogP contribution in [0, 0.1) is 0 Å². The lowest BCUT2D eigenvalue weighted by atomic mass is 9.89. The lowest BCUT2D eigenvalue weighted by molar-refractivity contribution is -0.139. The van der Waals surface area contributed by atoms with E-state index in [2.05, 4.69) is 24.3 Å². The van der Waals surface area contributed by atoms with Crippen molar-refractivity contribution in [2.24, 2.45) is 5.73 Å². The number of carbonyl (C=O) groups is 3. The van der Waals surface area contributed by atoms with Gasteiger partial charge >= 0.3 is 5.97 Å².